The molecule has 8 N–H and O–H groups in total. The van der Waals surface area contributed by atoms with Crippen molar-refractivity contribution in [3.8, 4) is 0 Å². The van der Waals surface area contributed by atoms with E-state index in [2.05, 4.69) is 0 Å². The van der Waals surface area contributed by atoms with Gasteiger partial charge in [0.05, 0.1) is 6.10 Å². The normalized spacial score (nSPS) is 22.4. The lowest BCUT2D eigenvalue weighted by molar-refractivity contribution is -0.1000. The van der Waals surface area contributed by atoms with E-state index in [1.807, 2.05) is 0 Å². The average Bonchev–Trinajstić information content (AvgIpc) is 2.00. The highest BCUT2D eigenvalue weighted by Crippen LogP contribution is 2.00. The highest BCUT2D eigenvalue weighted by atomic mass is 16.4. The summed E-state index contributed by atoms with van der Waals surface area (Å²) in [6, 6.07) is 0. The largest absolute Gasteiger partial charge is 0.389 e. The van der Waals surface area contributed by atoms with Crippen molar-refractivity contribution in [1.29, 1.82) is 0 Å². The molecule has 0 bridgehead atoms. The number of aliphatic hydroxyl groups excluding tert-OH is 4. The van der Waals surface area contributed by atoms with Gasteiger partial charge < -0.3 is 31.9 Å². The number of aliphatic hydroxyl groups is 4. The third kappa shape index (κ3) is 3.10. The van der Waals surface area contributed by atoms with Crippen LogP contribution in [0.4, 0.5) is 0 Å². The molecule has 6 heteroatoms. The van der Waals surface area contributed by atoms with Crippen molar-refractivity contribution in [3.05, 3.63) is 0 Å². The molecular formula is C5H14N2O4. The molecule has 0 heterocycles. The summed E-state index contributed by atoms with van der Waals surface area (Å²) in [6.45, 7) is -0.203. The lowest BCUT2D eigenvalue weighted by Gasteiger charge is -2.23. The number of hydrogen-bond donors (Lipinski definition) is 6. The Morgan fingerprint density at radius 2 is 1.45 bits per heavy atom. The first kappa shape index (κ1) is 10.8. The van der Waals surface area contributed by atoms with Crippen molar-refractivity contribution >= 4 is 0 Å². The van der Waals surface area contributed by atoms with Gasteiger partial charge in [-0.15, -0.1) is 0 Å². The van der Waals surface area contributed by atoms with Gasteiger partial charge in [0.2, 0.25) is 0 Å². The molecule has 4 atom stereocenters. The van der Waals surface area contributed by atoms with Gasteiger partial charge in [-0.25, -0.2) is 0 Å². The van der Waals surface area contributed by atoms with E-state index >= 15 is 0 Å². The number of nitrogens with two attached hydrogens (primary N) is 2. The van der Waals surface area contributed by atoms with Gasteiger partial charge in [-0.05, 0) is 0 Å². The van der Waals surface area contributed by atoms with Crippen LogP contribution in [0.5, 0.6) is 0 Å². The zero-order valence-electron chi connectivity index (χ0n) is 5.96. The molecular weight excluding hydrogens is 152 g/mol. The van der Waals surface area contributed by atoms with E-state index in [-0.39, 0.29) is 6.54 Å². The van der Waals surface area contributed by atoms with Gasteiger partial charge in [0.25, 0.3) is 0 Å². The molecule has 0 aliphatic heterocycles. The van der Waals surface area contributed by atoms with Crippen molar-refractivity contribution in [3.63, 3.8) is 0 Å². The van der Waals surface area contributed by atoms with Crippen LogP contribution in [0.25, 0.3) is 0 Å². The zero-order chi connectivity index (χ0) is 9.02. The van der Waals surface area contributed by atoms with Gasteiger partial charge in [0.1, 0.15) is 18.4 Å². The minimum atomic E-state index is -1.58. The van der Waals surface area contributed by atoms with Gasteiger partial charge in [-0.2, -0.15) is 0 Å². The predicted molar refractivity (Wildman–Crippen MR) is 37.3 cm³/mol. The van der Waals surface area contributed by atoms with Crippen LogP contribution in [-0.4, -0.2) is 51.5 Å². The lowest BCUT2D eigenvalue weighted by atomic mass is 10.1. The van der Waals surface area contributed by atoms with Crippen LogP contribution in [0.1, 0.15) is 0 Å². The van der Waals surface area contributed by atoms with Crippen LogP contribution in [0.2, 0.25) is 0 Å². The third-order valence-corrected chi connectivity index (χ3v) is 1.34. The second-order valence-electron chi connectivity index (χ2n) is 2.27. The Bertz CT molecular complexity index is 111. The molecule has 0 unspecified atom stereocenters. The van der Waals surface area contributed by atoms with Gasteiger partial charge in [-0.1, -0.05) is 0 Å². The summed E-state index contributed by atoms with van der Waals surface area (Å²) < 4.78 is 0. The van der Waals surface area contributed by atoms with Crippen LogP contribution < -0.4 is 11.5 Å². The summed E-state index contributed by atoms with van der Waals surface area (Å²) in [5.74, 6) is 0. The molecule has 0 aromatic carbocycles. The SMILES string of the molecule is NC[C@@H](O)[C@@H](O)[C@H](O)[C@@H](N)O. The topological polar surface area (TPSA) is 133 Å². The molecule has 0 radical (unpaired) electrons. The fourth-order valence-corrected chi connectivity index (χ4v) is 0.569. The zero-order valence-corrected chi connectivity index (χ0v) is 5.96. The average molecular weight is 166 g/mol. The van der Waals surface area contributed by atoms with Gasteiger partial charge in [-0.3, -0.25) is 0 Å². The van der Waals surface area contributed by atoms with Crippen molar-refractivity contribution in [2.45, 2.75) is 24.5 Å². The molecule has 0 rings (SSSR count). The van der Waals surface area contributed by atoms with Gasteiger partial charge in [0.15, 0.2) is 0 Å². The van der Waals surface area contributed by atoms with Crippen LogP contribution in [0.15, 0.2) is 0 Å². The van der Waals surface area contributed by atoms with Crippen molar-refractivity contribution in [2.75, 3.05) is 6.54 Å². The van der Waals surface area contributed by atoms with E-state index in [1.54, 1.807) is 0 Å². The monoisotopic (exact) mass is 166 g/mol. The minimum Gasteiger partial charge on any atom is -0.389 e. The molecule has 0 aromatic heterocycles. The summed E-state index contributed by atoms with van der Waals surface area (Å²) in [5.41, 5.74) is 9.79. The van der Waals surface area contributed by atoms with E-state index < -0.39 is 24.5 Å². The van der Waals surface area contributed by atoms with Crippen LogP contribution in [-0.2, 0) is 0 Å². The molecule has 0 amide bonds. The fourth-order valence-electron chi connectivity index (χ4n) is 0.569. The molecule has 11 heavy (non-hydrogen) atoms. The third-order valence-electron chi connectivity index (χ3n) is 1.34. The van der Waals surface area contributed by atoms with Gasteiger partial charge in [0, 0.05) is 6.54 Å². The van der Waals surface area contributed by atoms with E-state index in [4.69, 9.17) is 31.9 Å². The van der Waals surface area contributed by atoms with Crippen LogP contribution >= 0.6 is 0 Å². The van der Waals surface area contributed by atoms with Crippen molar-refractivity contribution in [2.24, 2.45) is 11.5 Å². The first-order valence-electron chi connectivity index (χ1n) is 3.18. The number of rotatable bonds is 4. The smallest absolute Gasteiger partial charge is 0.131 e. The molecule has 68 valence electrons. The van der Waals surface area contributed by atoms with E-state index in [9.17, 15) is 0 Å². The fraction of sp³-hybridized carbons (Fsp3) is 1.00. The Morgan fingerprint density at radius 3 is 1.73 bits per heavy atom. The summed E-state index contributed by atoms with van der Waals surface area (Å²) in [4.78, 5) is 0. The second-order valence-corrected chi connectivity index (χ2v) is 2.27. The van der Waals surface area contributed by atoms with Crippen molar-refractivity contribution in [1.82, 2.24) is 0 Å². The first-order chi connectivity index (χ1) is 5.00. The summed E-state index contributed by atoms with van der Waals surface area (Å²) in [7, 11) is 0. The first-order valence-corrected chi connectivity index (χ1v) is 3.18. The van der Waals surface area contributed by atoms with E-state index in [1.165, 1.54) is 0 Å². The summed E-state index contributed by atoms with van der Waals surface area (Å²) in [5, 5.41) is 35.2. The molecule has 6 nitrogen and oxygen atoms in total. The highest BCUT2D eigenvalue weighted by Gasteiger charge is 2.27. The Kier molecular flexibility index (Phi) is 4.50. The van der Waals surface area contributed by atoms with Crippen molar-refractivity contribution < 1.29 is 20.4 Å². The maximum atomic E-state index is 8.94. The summed E-state index contributed by atoms with van der Waals surface area (Å²) >= 11 is 0. The molecule has 0 saturated heterocycles. The second kappa shape index (κ2) is 4.60. The molecule has 0 aliphatic carbocycles. The summed E-state index contributed by atoms with van der Waals surface area (Å²) in [6.07, 6.45) is -5.94. The lowest BCUT2D eigenvalue weighted by Crippen LogP contribution is -2.50. The maximum absolute atomic E-state index is 8.94. The Balaban J connectivity index is 3.90. The van der Waals surface area contributed by atoms with Crippen LogP contribution in [0, 0.1) is 0 Å². The predicted octanol–water partition coefficient (Wildman–Crippen LogP) is -3.70. The van der Waals surface area contributed by atoms with E-state index in [0.717, 1.165) is 0 Å². The standard InChI is InChI=1S/C5H14N2O4/c6-1-2(8)3(9)4(10)5(7)11/h2-5,8-11H,1,6-7H2/t2-,3-,4+,5+/m1/s1. The Labute approximate surface area is 64.1 Å². The quantitative estimate of drug-likeness (QED) is 0.238. The Morgan fingerprint density at radius 1 is 1.00 bits per heavy atom. The van der Waals surface area contributed by atoms with Crippen LogP contribution in [0.3, 0.4) is 0 Å². The molecule has 0 saturated carbocycles. The minimum absolute atomic E-state index is 0.203. The molecule has 0 aliphatic rings. The molecule has 0 spiro atoms. The van der Waals surface area contributed by atoms with E-state index in [0.29, 0.717) is 0 Å². The maximum Gasteiger partial charge on any atom is 0.131 e. The molecule has 0 aromatic rings. The highest BCUT2D eigenvalue weighted by molar-refractivity contribution is 4.78. The number of hydrogen-bond acceptors (Lipinski definition) is 6. The van der Waals surface area contributed by atoms with Gasteiger partial charge >= 0.3 is 0 Å². The molecule has 0 fully saturated rings. The Hall–Kier alpha value is -0.240.